The van der Waals surface area contributed by atoms with E-state index in [9.17, 15) is 9.59 Å². The van der Waals surface area contributed by atoms with Gasteiger partial charge in [0.1, 0.15) is 19.0 Å². The predicted molar refractivity (Wildman–Crippen MR) is 107 cm³/mol. The number of ether oxygens (including phenoxy) is 3. The highest BCUT2D eigenvalue weighted by Crippen LogP contribution is 2.35. The second-order valence-corrected chi connectivity index (χ2v) is 6.87. The van der Waals surface area contributed by atoms with Gasteiger partial charge in [0.15, 0.2) is 11.5 Å². The second kappa shape index (κ2) is 8.30. The number of urea groups is 1. The lowest BCUT2D eigenvalue weighted by atomic mass is 10.2. The van der Waals surface area contributed by atoms with Gasteiger partial charge in [0.05, 0.1) is 13.2 Å². The lowest BCUT2D eigenvalue weighted by molar-refractivity contribution is -0.117. The van der Waals surface area contributed by atoms with Gasteiger partial charge in [-0.25, -0.2) is 4.79 Å². The molecule has 0 aliphatic carbocycles. The number of nitrogens with zero attached hydrogens (tertiary/aromatic N) is 1. The smallest absolute Gasteiger partial charge is 0.315 e. The second-order valence-electron chi connectivity index (χ2n) is 6.87. The molecule has 2 aromatic carbocycles. The van der Waals surface area contributed by atoms with E-state index < -0.39 is 0 Å². The molecule has 29 heavy (non-hydrogen) atoms. The number of hydrogen-bond donors (Lipinski definition) is 2. The zero-order valence-electron chi connectivity index (χ0n) is 16.1. The molecule has 2 heterocycles. The number of hydrogen-bond acceptors (Lipinski definition) is 5. The van der Waals surface area contributed by atoms with Crippen molar-refractivity contribution in [3.63, 3.8) is 0 Å². The summed E-state index contributed by atoms with van der Waals surface area (Å²) in [5.41, 5.74) is 1.61. The molecule has 1 saturated heterocycles. The summed E-state index contributed by atoms with van der Waals surface area (Å²) in [4.78, 5) is 26.4. The first kappa shape index (κ1) is 18.9. The largest absolute Gasteiger partial charge is 0.496 e. The van der Waals surface area contributed by atoms with E-state index in [0.717, 1.165) is 11.3 Å². The number of carbonyl (C=O) groups excluding carboxylic acids is 2. The molecule has 0 unspecified atom stereocenters. The summed E-state index contributed by atoms with van der Waals surface area (Å²) >= 11 is 0. The van der Waals surface area contributed by atoms with E-state index in [4.69, 9.17) is 14.2 Å². The number of amides is 3. The quantitative estimate of drug-likeness (QED) is 0.806. The molecule has 152 valence electrons. The van der Waals surface area contributed by atoms with Gasteiger partial charge < -0.3 is 29.7 Å². The SMILES string of the molecule is COc1ccccc1CNC(=O)N[C@@H]1CC(=O)N(c2ccc3c(c2)OCCO3)C1. The van der Waals surface area contributed by atoms with Crippen LogP contribution in [-0.4, -0.2) is 44.8 Å². The summed E-state index contributed by atoms with van der Waals surface area (Å²) in [5.74, 6) is 1.98. The van der Waals surface area contributed by atoms with Crippen LogP contribution in [0, 0.1) is 0 Å². The Morgan fingerprint density at radius 1 is 1.17 bits per heavy atom. The molecule has 0 radical (unpaired) electrons. The molecule has 2 aromatic rings. The molecule has 2 aliphatic rings. The zero-order valence-corrected chi connectivity index (χ0v) is 16.1. The molecule has 8 heteroatoms. The van der Waals surface area contributed by atoms with E-state index in [0.29, 0.717) is 43.6 Å². The molecule has 0 saturated carbocycles. The summed E-state index contributed by atoms with van der Waals surface area (Å²) in [5, 5.41) is 5.68. The molecular weight excluding hydrogens is 374 g/mol. The third-order valence-electron chi connectivity index (χ3n) is 4.93. The zero-order chi connectivity index (χ0) is 20.2. The van der Waals surface area contributed by atoms with E-state index in [-0.39, 0.29) is 24.4 Å². The molecule has 0 bridgehead atoms. The highest BCUT2D eigenvalue weighted by atomic mass is 16.6. The van der Waals surface area contributed by atoms with Crippen LogP contribution in [0.4, 0.5) is 10.5 Å². The Labute approximate surface area is 168 Å². The summed E-state index contributed by atoms with van der Waals surface area (Å²) < 4.78 is 16.4. The average Bonchev–Trinajstić information content (AvgIpc) is 3.11. The first-order valence-corrected chi connectivity index (χ1v) is 9.50. The number of benzene rings is 2. The molecule has 0 aromatic heterocycles. The molecule has 0 spiro atoms. The minimum Gasteiger partial charge on any atom is -0.496 e. The molecule has 2 aliphatic heterocycles. The Morgan fingerprint density at radius 3 is 2.79 bits per heavy atom. The van der Waals surface area contributed by atoms with Crippen molar-refractivity contribution >= 4 is 17.6 Å². The number of anilines is 1. The van der Waals surface area contributed by atoms with Crippen molar-refractivity contribution < 1.29 is 23.8 Å². The number of fused-ring (bicyclic) bond motifs is 1. The molecule has 2 N–H and O–H groups in total. The van der Waals surface area contributed by atoms with Crippen molar-refractivity contribution in [3.05, 3.63) is 48.0 Å². The number of nitrogens with one attached hydrogen (secondary N) is 2. The summed E-state index contributed by atoms with van der Waals surface area (Å²) in [7, 11) is 1.59. The van der Waals surface area contributed by atoms with Gasteiger partial charge in [-0.05, 0) is 18.2 Å². The minimum absolute atomic E-state index is 0.0447. The Hall–Kier alpha value is -3.42. The average molecular weight is 397 g/mol. The van der Waals surface area contributed by atoms with Crippen molar-refractivity contribution in [2.75, 3.05) is 31.8 Å². The maximum absolute atomic E-state index is 12.5. The van der Waals surface area contributed by atoms with Crippen molar-refractivity contribution in [1.29, 1.82) is 0 Å². The first-order valence-electron chi connectivity index (χ1n) is 9.50. The summed E-state index contributed by atoms with van der Waals surface area (Å²) in [6.45, 7) is 1.74. The Bertz CT molecular complexity index is 917. The predicted octanol–water partition coefficient (Wildman–Crippen LogP) is 2.07. The van der Waals surface area contributed by atoms with Crippen LogP contribution in [0.25, 0.3) is 0 Å². The molecule has 8 nitrogen and oxygen atoms in total. The monoisotopic (exact) mass is 397 g/mol. The van der Waals surface area contributed by atoms with Crippen LogP contribution in [0.3, 0.4) is 0 Å². The van der Waals surface area contributed by atoms with Crippen LogP contribution in [0.2, 0.25) is 0 Å². The van der Waals surface area contributed by atoms with Crippen LogP contribution in [0.1, 0.15) is 12.0 Å². The lowest BCUT2D eigenvalue weighted by Crippen LogP contribution is -2.43. The minimum atomic E-state index is -0.322. The third-order valence-corrected chi connectivity index (χ3v) is 4.93. The number of para-hydroxylation sites is 1. The van der Waals surface area contributed by atoms with E-state index >= 15 is 0 Å². The maximum Gasteiger partial charge on any atom is 0.315 e. The van der Waals surface area contributed by atoms with Crippen LogP contribution in [0.5, 0.6) is 17.2 Å². The first-order chi connectivity index (χ1) is 14.1. The van der Waals surface area contributed by atoms with Gasteiger partial charge in [0.25, 0.3) is 0 Å². The van der Waals surface area contributed by atoms with Crippen LogP contribution in [-0.2, 0) is 11.3 Å². The Morgan fingerprint density at radius 2 is 1.97 bits per heavy atom. The third kappa shape index (κ3) is 4.21. The fraction of sp³-hybridized carbons (Fsp3) is 0.333. The molecule has 3 amide bonds. The van der Waals surface area contributed by atoms with E-state index in [2.05, 4.69) is 10.6 Å². The fourth-order valence-electron chi connectivity index (χ4n) is 3.51. The topological polar surface area (TPSA) is 89.1 Å². The molecule has 4 rings (SSSR count). The van der Waals surface area contributed by atoms with Crippen LogP contribution >= 0.6 is 0 Å². The number of methoxy groups -OCH3 is 1. The summed E-state index contributed by atoms with van der Waals surface area (Å²) in [6, 6.07) is 12.3. The highest BCUT2D eigenvalue weighted by Gasteiger charge is 2.32. The Kier molecular flexibility index (Phi) is 5.41. The van der Waals surface area contributed by atoms with Gasteiger partial charge in [-0.1, -0.05) is 18.2 Å². The maximum atomic E-state index is 12.5. The number of carbonyl (C=O) groups is 2. The highest BCUT2D eigenvalue weighted by molar-refractivity contribution is 5.97. The molecule has 1 fully saturated rings. The van der Waals surface area contributed by atoms with Gasteiger partial charge in [0, 0.05) is 36.8 Å². The standard InChI is InChI=1S/C21H23N3O5/c1-27-17-5-3-2-4-14(17)12-22-21(26)23-15-10-20(25)24(13-15)16-6-7-18-19(11-16)29-9-8-28-18/h2-7,11,15H,8-10,12-13H2,1H3,(H2,22,23,26)/t15-/m1/s1. The van der Waals surface area contributed by atoms with Crippen molar-refractivity contribution in [1.82, 2.24) is 10.6 Å². The van der Waals surface area contributed by atoms with Gasteiger partial charge in [-0.15, -0.1) is 0 Å². The van der Waals surface area contributed by atoms with Crippen LogP contribution in [0.15, 0.2) is 42.5 Å². The van der Waals surface area contributed by atoms with E-state index in [1.807, 2.05) is 30.3 Å². The van der Waals surface area contributed by atoms with Gasteiger partial charge in [0.2, 0.25) is 5.91 Å². The normalized spacial score (nSPS) is 17.8. The lowest BCUT2D eigenvalue weighted by Gasteiger charge is -2.22. The fourth-order valence-corrected chi connectivity index (χ4v) is 3.51. The summed E-state index contributed by atoms with van der Waals surface area (Å²) in [6.07, 6.45) is 0.247. The van der Waals surface area contributed by atoms with E-state index in [1.165, 1.54) is 0 Å². The number of rotatable bonds is 5. The molecular formula is C21H23N3O5. The molecule has 1 atom stereocenters. The van der Waals surface area contributed by atoms with Crippen LogP contribution < -0.4 is 29.7 Å². The van der Waals surface area contributed by atoms with Crippen molar-refractivity contribution in [2.24, 2.45) is 0 Å². The van der Waals surface area contributed by atoms with Gasteiger partial charge in [-0.3, -0.25) is 4.79 Å². The van der Waals surface area contributed by atoms with Gasteiger partial charge >= 0.3 is 6.03 Å². The van der Waals surface area contributed by atoms with Crippen molar-refractivity contribution in [3.8, 4) is 17.2 Å². The van der Waals surface area contributed by atoms with Gasteiger partial charge in [-0.2, -0.15) is 0 Å². The van der Waals surface area contributed by atoms with E-state index in [1.54, 1.807) is 24.1 Å². The van der Waals surface area contributed by atoms with Crippen molar-refractivity contribution in [2.45, 2.75) is 19.0 Å². The Balaban J connectivity index is 1.34.